The van der Waals surface area contributed by atoms with Gasteiger partial charge in [-0.2, -0.15) is 0 Å². The quantitative estimate of drug-likeness (QED) is 0.827. The SMILES string of the molecule is Cc1cc(C(=O)N2CCO[C@H](c3ccc(Cl)cc3)C2)c(=O)n(C)c1C. The molecule has 1 fully saturated rings. The van der Waals surface area contributed by atoms with Crippen molar-refractivity contribution >= 4 is 17.5 Å². The number of pyridine rings is 1. The van der Waals surface area contributed by atoms with E-state index in [4.69, 9.17) is 16.3 Å². The molecular weight excluding hydrogens is 340 g/mol. The van der Waals surface area contributed by atoms with Crippen molar-refractivity contribution in [3.05, 3.63) is 68.1 Å². The van der Waals surface area contributed by atoms with Crippen LogP contribution in [0.5, 0.6) is 0 Å². The highest BCUT2D eigenvalue weighted by atomic mass is 35.5. The number of ether oxygens (including phenoxy) is 1. The minimum atomic E-state index is -0.261. The van der Waals surface area contributed by atoms with E-state index in [0.717, 1.165) is 16.8 Å². The smallest absolute Gasteiger partial charge is 0.263 e. The Bertz CT molecular complexity index is 858. The third kappa shape index (κ3) is 3.48. The van der Waals surface area contributed by atoms with Crippen LogP contribution in [-0.2, 0) is 11.8 Å². The Morgan fingerprint density at radius 2 is 1.92 bits per heavy atom. The zero-order valence-electron chi connectivity index (χ0n) is 14.6. The van der Waals surface area contributed by atoms with E-state index in [1.807, 2.05) is 26.0 Å². The van der Waals surface area contributed by atoms with Crippen LogP contribution in [0.15, 0.2) is 35.1 Å². The van der Waals surface area contributed by atoms with Crippen molar-refractivity contribution < 1.29 is 9.53 Å². The molecule has 0 N–H and O–H groups in total. The Morgan fingerprint density at radius 3 is 2.60 bits per heavy atom. The molecule has 0 spiro atoms. The molecule has 0 radical (unpaired) electrons. The maximum atomic E-state index is 12.9. The number of rotatable bonds is 2. The Hall–Kier alpha value is -2.11. The van der Waals surface area contributed by atoms with Crippen LogP contribution in [-0.4, -0.2) is 35.1 Å². The number of nitrogens with zero attached hydrogens (tertiary/aromatic N) is 2. The van der Waals surface area contributed by atoms with Gasteiger partial charge < -0.3 is 14.2 Å². The first-order valence-corrected chi connectivity index (χ1v) is 8.60. The minimum absolute atomic E-state index is 0.211. The van der Waals surface area contributed by atoms with Crippen LogP contribution in [0, 0.1) is 13.8 Å². The van der Waals surface area contributed by atoms with Gasteiger partial charge in [0, 0.05) is 24.3 Å². The Balaban J connectivity index is 1.85. The molecule has 0 unspecified atom stereocenters. The molecule has 25 heavy (non-hydrogen) atoms. The molecule has 1 aromatic heterocycles. The standard InChI is InChI=1S/C19H21ClN2O3/c1-12-10-16(18(23)21(3)13(12)2)19(24)22-8-9-25-17(11-22)14-4-6-15(20)7-5-14/h4-7,10,17H,8-9,11H2,1-3H3/t17-/m0/s1. The molecule has 6 heteroatoms. The summed E-state index contributed by atoms with van der Waals surface area (Å²) in [5.74, 6) is -0.244. The van der Waals surface area contributed by atoms with E-state index in [-0.39, 0.29) is 23.1 Å². The van der Waals surface area contributed by atoms with Crippen molar-refractivity contribution in [2.75, 3.05) is 19.7 Å². The summed E-state index contributed by atoms with van der Waals surface area (Å²) < 4.78 is 7.32. The lowest BCUT2D eigenvalue weighted by atomic mass is 10.1. The number of benzene rings is 1. The van der Waals surface area contributed by atoms with Crippen molar-refractivity contribution in [1.29, 1.82) is 0 Å². The highest BCUT2D eigenvalue weighted by molar-refractivity contribution is 6.30. The van der Waals surface area contributed by atoms with Crippen molar-refractivity contribution in [1.82, 2.24) is 9.47 Å². The van der Waals surface area contributed by atoms with E-state index in [0.29, 0.717) is 24.7 Å². The monoisotopic (exact) mass is 360 g/mol. The molecule has 1 aliphatic rings. The molecular formula is C19H21ClN2O3. The van der Waals surface area contributed by atoms with E-state index >= 15 is 0 Å². The van der Waals surface area contributed by atoms with Crippen molar-refractivity contribution in [3.63, 3.8) is 0 Å². The lowest BCUT2D eigenvalue weighted by Crippen LogP contribution is -2.44. The summed E-state index contributed by atoms with van der Waals surface area (Å²) in [5.41, 5.74) is 2.70. The van der Waals surface area contributed by atoms with E-state index < -0.39 is 0 Å². The lowest BCUT2D eigenvalue weighted by molar-refractivity contribution is -0.0229. The van der Waals surface area contributed by atoms with Crippen LogP contribution >= 0.6 is 11.6 Å². The summed E-state index contributed by atoms with van der Waals surface area (Å²) in [4.78, 5) is 27.1. The van der Waals surface area contributed by atoms with Crippen molar-refractivity contribution in [2.24, 2.45) is 7.05 Å². The highest BCUT2D eigenvalue weighted by Crippen LogP contribution is 2.24. The first-order chi connectivity index (χ1) is 11.9. The average molecular weight is 361 g/mol. The van der Waals surface area contributed by atoms with Crippen LogP contribution in [0.3, 0.4) is 0 Å². The predicted molar refractivity (Wildman–Crippen MR) is 97.2 cm³/mol. The van der Waals surface area contributed by atoms with Gasteiger partial charge in [0.15, 0.2) is 0 Å². The van der Waals surface area contributed by atoms with Gasteiger partial charge in [-0.25, -0.2) is 0 Å². The van der Waals surface area contributed by atoms with E-state index in [9.17, 15) is 9.59 Å². The number of hydrogen-bond acceptors (Lipinski definition) is 3. The van der Waals surface area contributed by atoms with Gasteiger partial charge in [-0.1, -0.05) is 23.7 Å². The number of carbonyl (C=O) groups is 1. The zero-order valence-corrected chi connectivity index (χ0v) is 15.3. The topological polar surface area (TPSA) is 51.5 Å². The molecule has 1 aliphatic heterocycles. The van der Waals surface area contributed by atoms with Gasteiger partial charge in [0.1, 0.15) is 11.7 Å². The van der Waals surface area contributed by atoms with E-state index in [2.05, 4.69) is 0 Å². The molecule has 1 atom stereocenters. The molecule has 3 rings (SSSR count). The number of morpholine rings is 1. The van der Waals surface area contributed by atoms with Gasteiger partial charge in [-0.05, 0) is 43.2 Å². The van der Waals surface area contributed by atoms with Crippen molar-refractivity contribution in [3.8, 4) is 0 Å². The number of hydrogen-bond donors (Lipinski definition) is 0. The van der Waals surface area contributed by atoms with Gasteiger partial charge in [0.2, 0.25) is 0 Å². The third-order valence-corrected chi connectivity index (χ3v) is 5.05. The number of halogens is 1. The number of amides is 1. The molecule has 1 aromatic carbocycles. The van der Waals surface area contributed by atoms with Gasteiger partial charge in [0.25, 0.3) is 11.5 Å². The average Bonchev–Trinajstić information content (AvgIpc) is 2.63. The van der Waals surface area contributed by atoms with Crippen LogP contribution < -0.4 is 5.56 Å². The molecule has 5 nitrogen and oxygen atoms in total. The molecule has 132 valence electrons. The summed E-state index contributed by atoms with van der Waals surface area (Å²) in [6.07, 6.45) is -0.217. The second kappa shape index (κ2) is 7.02. The Kier molecular flexibility index (Phi) is 4.97. The van der Waals surface area contributed by atoms with E-state index in [1.165, 1.54) is 4.57 Å². The van der Waals surface area contributed by atoms with E-state index in [1.54, 1.807) is 30.1 Å². The number of carbonyl (C=O) groups excluding carboxylic acids is 1. The Labute approximate surface area is 151 Å². The molecule has 2 aromatic rings. The molecule has 1 saturated heterocycles. The molecule has 0 saturated carbocycles. The molecule has 1 amide bonds. The van der Waals surface area contributed by atoms with Crippen LogP contribution in [0.4, 0.5) is 0 Å². The molecule has 0 bridgehead atoms. The molecule has 2 heterocycles. The fourth-order valence-corrected chi connectivity index (χ4v) is 3.14. The first-order valence-electron chi connectivity index (χ1n) is 8.22. The first kappa shape index (κ1) is 17.7. The number of aromatic nitrogens is 1. The maximum Gasteiger partial charge on any atom is 0.263 e. The van der Waals surface area contributed by atoms with Gasteiger partial charge >= 0.3 is 0 Å². The Morgan fingerprint density at radius 1 is 1.24 bits per heavy atom. The predicted octanol–water partition coefficient (Wildman–Crippen LogP) is 2.87. The summed E-state index contributed by atoms with van der Waals surface area (Å²) >= 11 is 5.93. The van der Waals surface area contributed by atoms with Gasteiger partial charge in [-0.3, -0.25) is 9.59 Å². The second-order valence-corrected chi connectivity index (χ2v) is 6.79. The van der Waals surface area contributed by atoms with Gasteiger partial charge in [-0.15, -0.1) is 0 Å². The summed E-state index contributed by atoms with van der Waals surface area (Å²) in [6, 6.07) is 9.10. The summed E-state index contributed by atoms with van der Waals surface area (Å²) in [6.45, 7) is 5.09. The summed E-state index contributed by atoms with van der Waals surface area (Å²) in [7, 11) is 1.69. The fraction of sp³-hybridized carbons (Fsp3) is 0.368. The van der Waals surface area contributed by atoms with Crippen LogP contribution in [0.1, 0.15) is 33.3 Å². The largest absolute Gasteiger partial charge is 0.370 e. The lowest BCUT2D eigenvalue weighted by Gasteiger charge is -2.33. The third-order valence-electron chi connectivity index (χ3n) is 4.80. The van der Waals surface area contributed by atoms with Crippen LogP contribution in [0.25, 0.3) is 0 Å². The molecule has 0 aliphatic carbocycles. The zero-order chi connectivity index (χ0) is 18.1. The normalized spacial score (nSPS) is 17.6. The fourth-order valence-electron chi connectivity index (χ4n) is 3.02. The number of aryl methyl sites for hydroxylation is 1. The van der Waals surface area contributed by atoms with Crippen molar-refractivity contribution in [2.45, 2.75) is 20.0 Å². The minimum Gasteiger partial charge on any atom is -0.370 e. The summed E-state index contributed by atoms with van der Waals surface area (Å²) in [5, 5.41) is 0.658. The van der Waals surface area contributed by atoms with Crippen LogP contribution in [0.2, 0.25) is 5.02 Å². The second-order valence-electron chi connectivity index (χ2n) is 6.35. The highest BCUT2D eigenvalue weighted by Gasteiger charge is 2.28. The van der Waals surface area contributed by atoms with Gasteiger partial charge in [0.05, 0.1) is 13.2 Å². The maximum absolute atomic E-state index is 12.9.